The van der Waals surface area contributed by atoms with Crippen LogP contribution in [0.15, 0.2) is 18.2 Å². The van der Waals surface area contributed by atoms with Gasteiger partial charge < -0.3 is 15.4 Å². The number of rotatable bonds is 8. The Morgan fingerprint density at radius 1 is 1.29 bits per heavy atom. The summed E-state index contributed by atoms with van der Waals surface area (Å²) in [5, 5.41) is 5.95. The molecule has 0 unspecified atom stereocenters. The molecule has 0 saturated heterocycles. The van der Waals surface area contributed by atoms with E-state index < -0.39 is 5.82 Å². The molecule has 1 amide bonds. The predicted octanol–water partition coefficient (Wildman–Crippen LogP) is 2.47. The minimum absolute atomic E-state index is 0.144. The van der Waals surface area contributed by atoms with Gasteiger partial charge in [0.25, 0.3) is 5.91 Å². The fourth-order valence-electron chi connectivity index (χ4n) is 1.68. The number of carbonyl (C=O) groups excluding carboxylic acids is 1. The van der Waals surface area contributed by atoms with Crippen molar-refractivity contribution in [1.29, 1.82) is 0 Å². The van der Waals surface area contributed by atoms with E-state index in [1.807, 2.05) is 27.7 Å². The third-order valence-corrected chi connectivity index (χ3v) is 2.80. The second-order valence-electron chi connectivity index (χ2n) is 5.75. The Balaban J connectivity index is 2.62. The van der Waals surface area contributed by atoms with Gasteiger partial charge in [0.2, 0.25) is 0 Å². The number of halogens is 1. The highest BCUT2D eigenvalue weighted by molar-refractivity contribution is 5.77. The SMILES string of the molecule is CC(C)CNC(=O)COc1c(F)cccc1CNC(C)C. The topological polar surface area (TPSA) is 50.4 Å². The Bertz CT molecular complexity index is 462. The smallest absolute Gasteiger partial charge is 0.257 e. The van der Waals surface area contributed by atoms with Crippen molar-refractivity contribution in [3.05, 3.63) is 29.6 Å². The summed E-state index contributed by atoms with van der Waals surface area (Å²) < 4.78 is 19.2. The average Bonchev–Trinajstić information content (AvgIpc) is 2.41. The molecule has 0 aromatic heterocycles. The van der Waals surface area contributed by atoms with Crippen LogP contribution in [-0.2, 0) is 11.3 Å². The van der Waals surface area contributed by atoms with Crippen LogP contribution in [0.25, 0.3) is 0 Å². The summed E-state index contributed by atoms with van der Waals surface area (Å²) in [7, 11) is 0. The molecule has 4 nitrogen and oxygen atoms in total. The third kappa shape index (κ3) is 6.58. The molecule has 0 aliphatic carbocycles. The summed E-state index contributed by atoms with van der Waals surface area (Å²) in [6.45, 7) is 8.95. The Morgan fingerprint density at radius 2 is 2.00 bits per heavy atom. The van der Waals surface area contributed by atoms with Gasteiger partial charge >= 0.3 is 0 Å². The van der Waals surface area contributed by atoms with E-state index in [1.165, 1.54) is 6.07 Å². The molecule has 118 valence electrons. The van der Waals surface area contributed by atoms with Crippen LogP contribution in [-0.4, -0.2) is 25.1 Å². The van der Waals surface area contributed by atoms with Crippen molar-refractivity contribution in [2.75, 3.05) is 13.2 Å². The summed E-state index contributed by atoms with van der Waals surface area (Å²) >= 11 is 0. The van der Waals surface area contributed by atoms with E-state index in [9.17, 15) is 9.18 Å². The molecule has 0 saturated carbocycles. The zero-order chi connectivity index (χ0) is 15.8. The number of amides is 1. The maximum absolute atomic E-state index is 13.9. The molecule has 0 fully saturated rings. The minimum atomic E-state index is -0.449. The van der Waals surface area contributed by atoms with Crippen molar-refractivity contribution in [2.24, 2.45) is 5.92 Å². The molecule has 0 heterocycles. The highest BCUT2D eigenvalue weighted by atomic mass is 19.1. The number of hydrogen-bond donors (Lipinski definition) is 2. The Labute approximate surface area is 126 Å². The molecule has 0 atom stereocenters. The maximum atomic E-state index is 13.9. The van der Waals surface area contributed by atoms with Crippen molar-refractivity contribution >= 4 is 5.91 Å². The minimum Gasteiger partial charge on any atom is -0.480 e. The number of hydrogen-bond acceptors (Lipinski definition) is 3. The molecule has 1 aromatic rings. The average molecular weight is 296 g/mol. The zero-order valence-corrected chi connectivity index (χ0v) is 13.2. The molecule has 1 rings (SSSR count). The van der Waals surface area contributed by atoms with Crippen LogP contribution in [0.3, 0.4) is 0 Å². The lowest BCUT2D eigenvalue weighted by molar-refractivity contribution is -0.123. The molecule has 0 radical (unpaired) electrons. The summed E-state index contributed by atoms with van der Waals surface area (Å²) in [5.74, 6) is -0.178. The highest BCUT2D eigenvalue weighted by Gasteiger charge is 2.12. The van der Waals surface area contributed by atoms with Crippen LogP contribution >= 0.6 is 0 Å². The van der Waals surface area contributed by atoms with Crippen LogP contribution in [0.2, 0.25) is 0 Å². The first-order valence-corrected chi connectivity index (χ1v) is 7.30. The lowest BCUT2D eigenvalue weighted by Gasteiger charge is -2.14. The van der Waals surface area contributed by atoms with E-state index in [1.54, 1.807) is 12.1 Å². The van der Waals surface area contributed by atoms with Crippen molar-refractivity contribution in [1.82, 2.24) is 10.6 Å². The second-order valence-corrected chi connectivity index (χ2v) is 5.75. The van der Waals surface area contributed by atoms with E-state index in [0.717, 1.165) is 0 Å². The van der Waals surface area contributed by atoms with Gasteiger partial charge in [-0.25, -0.2) is 4.39 Å². The summed E-state index contributed by atoms with van der Waals surface area (Å²) in [6.07, 6.45) is 0. The number of benzene rings is 1. The van der Waals surface area contributed by atoms with Gasteiger partial charge in [0.05, 0.1) is 0 Å². The number of para-hydroxylation sites is 1. The van der Waals surface area contributed by atoms with Crippen molar-refractivity contribution in [3.8, 4) is 5.75 Å². The molecule has 0 aliphatic rings. The van der Waals surface area contributed by atoms with Gasteiger partial charge in [0.15, 0.2) is 18.2 Å². The third-order valence-electron chi connectivity index (χ3n) is 2.80. The molecular weight excluding hydrogens is 271 g/mol. The molecule has 2 N–H and O–H groups in total. The first-order chi connectivity index (χ1) is 9.90. The first kappa shape index (κ1) is 17.4. The normalized spacial score (nSPS) is 11.0. The Kier molecular flexibility index (Phi) is 7.15. The highest BCUT2D eigenvalue weighted by Crippen LogP contribution is 2.22. The number of nitrogens with one attached hydrogen (secondary N) is 2. The molecule has 1 aromatic carbocycles. The quantitative estimate of drug-likeness (QED) is 0.775. The Morgan fingerprint density at radius 3 is 2.62 bits per heavy atom. The number of ether oxygens (including phenoxy) is 1. The number of carbonyl (C=O) groups is 1. The van der Waals surface area contributed by atoms with Crippen LogP contribution in [0.4, 0.5) is 4.39 Å². The summed E-state index contributed by atoms with van der Waals surface area (Å²) in [5.41, 5.74) is 0.709. The van der Waals surface area contributed by atoms with Crippen molar-refractivity contribution in [2.45, 2.75) is 40.3 Å². The van der Waals surface area contributed by atoms with Gasteiger partial charge in [-0.05, 0) is 12.0 Å². The summed E-state index contributed by atoms with van der Waals surface area (Å²) in [6, 6.07) is 5.05. The van der Waals surface area contributed by atoms with Crippen LogP contribution in [0, 0.1) is 11.7 Å². The van der Waals surface area contributed by atoms with E-state index >= 15 is 0 Å². The molecule has 0 spiro atoms. The molecular formula is C16H25FN2O2. The molecule has 5 heteroatoms. The lowest BCUT2D eigenvalue weighted by Crippen LogP contribution is -2.32. The molecule has 0 bridgehead atoms. The van der Waals surface area contributed by atoms with E-state index in [4.69, 9.17) is 4.74 Å². The largest absolute Gasteiger partial charge is 0.480 e. The van der Waals surface area contributed by atoms with Gasteiger partial charge in [-0.1, -0.05) is 39.8 Å². The van der Waals surface area contributed by atoms with E-state index in [2.05, 4.69) is 10.6 Å². The maximum Gasteiger partial charge on any atom is 0.257 e. The lowest BCUT2D eigenvalue weighted by atomic mass is 10.2. The second kappa shape index (κ2) is 8.62. The Hall–Kier alpha value is -1.62. The fourth-order valence-corrected chi connectivity index (χ4v) is 1.68. The zero-order valence-electron chi connectivity index (χ0n) is 13.2. The van der Waals surface area contributed by atoms with Gasteiger partial charge in [-0.15, -0.1) is 0 Å². The molecule has 21 heavy (non-hydrogen) atoms. The fraction of sp³-hybridized carbons (Fsp3) is 0.562. The first-order valence-electron chi connectivity index (χ1n) is 7.30. The van der Waals surface area contributed by atoms with Gasteiger partial charge in [0.1, 0.15) is 0 Å². The van der Waals surface area contributed by atoms with E-state index in [0.29, 0.717) is 24.6 Å². The predicted molar refractivity (Wildman–Crippen MR) is 81.7 cm³/mol. The van der Waals surface area contributed by atoms with Crippen molar-refractivity contribution in [3.63, 3.8) is 0 Å². The summed E-state index contributed by atoms with van der Waals surface area (Å²) in [4.78, 5) is 11.6. The van der Waals surface area contributed by atoms with Gasteiger partial charge in [-0.2, -0.15) is 0 Å². The molecule has 0 aliphatic heterocycles. The van der Waals surface area contributed by atoms with Crippen LogP contribution in [0.1, 0.15) is 33.3 Å². The van der Waals surface area contributed by atoms with Gasteiger partial charge in [0, 0.05) is 24.7 Å². The van der Waals surface area contributed by atoms with Crippen LogP contribution in [0.5, 0.6) is 5.75 Å². The van der Waals surface area contributed by atoms with Crippen LogP contribution < -0.4 is 15.4 Å². The monoisotopic (exact) mass is 296 g/mol. The van der Waals surface area contributed by atoms with E-state index in [-0.39, 0.29) is 24.3 Å². The van der Waals surface area contributed by atoms with Crippen molar-refractivity contribution < 1.29 is 13.9 Å². The standard InChI is InChI=1S/C16H25FN2O2/c1-11(2)8-19-15(20)10-21-16-13(9-18-12(3)4)6-5-7-14(16)17/h5-7,11-12,18H,8-10H2,1-4H3,(H,19,20). The van der Waals surface area contributed by atoms with Gasteiger partial charge in [-0.3, -0.25) is 4.79 Å².